The summed E-state index contributed by atoms with van der Waals surface area (Å²) in [6.45, 7) is 2.25. The van der Waals surface area contributed by atoms with E-state index in [0.29, 0.717) is 12.5 Å². The summed E-state index contributed by atoms with van der Waals surface area (Å²) in [5.74, 6) is 0.463. The van der Waals surface area contributed by atoms with Crippen LogP contribution in [0.15, 0.2) is 54.6 Å². The first kappa shape index (κ1) is 17.9. The van der Waals surface area contributed by atoms with E-state index < -0.39 is 0 Å². The quantitative estimate of drug-likeness (QED) is 0.659. The van der Waals surface area contributed by atoms with Gasteiger partial charge in [-0.05, 0) is 49.1 Å². The highest BCUT2D eigenvalue weighted by Gasteiger charge is 2.24. The zero-order valence-electron chi connectivity index (χ0n) is 15.2. The number of hydrogen-bond donors (Lipinski definition) is 2. The Morgan fingerprint density at radius 1 is 1.11 bits per heavy atom. The number of nitrogens with one attached hydrogen (secondary N) is 2. The summed E-state index contributed by atoms with van der Waals surface area (Å²) < 4.78 is 0. The van der Waals surface area contributed by atoms with Crippen LogP contribution in [0, 0.1) is 0 Å². The van der Waals surface area contributed by atoms with Gasteiger partial charge < -0.3 is 15.2 Å². The van der Waals surface area contributed by atoms with Crippen molar-refractivity contribution in [1.29, 1.82) is 0 Å². The lowest BCUT2D eigenvalue weighted by Gasteiger charge is -2.31. The van der Waals surface area contributed by atoms with Gasteiger partial charge in [0.05, 0.1) is 0 Å². The van der Waals surface area contributed by atoms with Crippen LogP contribution in [-0.2, 0) is 6.42 Å². The maximum atomic E-state index is 12.4. The van der Waals surface area contributed by atoms with E-state index in [1.807, 2.05) is 41.3 Å². The molecule has 0 spiro atoms. The summed E-state index contributed by atoms with van der Waals surface area (Å²) >= 11 is 6.08. The first-order valence-electron chi connectivity index (χ1n) is 9.54. The number of urea groups is 1. The fourth-order valence-electron chi connectivity index (χ4n) is 3.81. The zero-order chi connectivity index (χ0) is 18.6. The van der Waals surface area contributed by atoms with Gasteiger partial charge in [0, 0.05) is 47.2 Å². The van der Waals surface area contributed by atoms with E-state index in [2.05, 4.69) is 28.5 Å². The lowest BCUT2D eigenvalue weighted by molar-refractivity contribution is 0.181. The van der Waals surface area contributed by atoms with Crippen LogP contribution in [-0.4, -0.2) is 35.5 Å². The van der Waals surface area contributed by atoms with Gasteiger partial charge in [0.25, 0.3) is 0 Å². The number of aromatic nitrogens is 1. The summed E-state index contributed by atoms with van der Waals surface area (Å²) in [5, 5.41) is 4.96. The van der Waals surface area contributed by atoms with Crippen LogP contribution in [0.2, 0.25) is 5.02 Å². The fraction of sp³-hybridized carbons (Fsp3) is 0.318. The molecule has 3 aromatic rings. The van der Waals surface area contributed by atoms with E-state index in [1.165, 1.54) is 11.3 Å². The second kappa shape index (κ2) is 8.05. The number of fused-ring (bicyclic) bond motifs is 1. The summed E-state index contributed by atoms with van der Waals surface area (Å²) in [6, 6.07) is 18.4. The molecular weight excluding hydrogens is 358 g/mol. The SMILES string of the molecule is O=C(NCCc1ccccc1)N1CCC(c2cc3cc(Cl)ccc3[nH]2)CC1. The number of carbonyl (C=O) groups is 1. The second-order valence-electron chi connectivity index (χ2n) is 7.19. The van der Waals surface area contributed by atoms with E-state index in [1.54, 1.807) is 0 Å². The van der Waals surface area contributed by atoms with Crippen LogP contribution < -0.4 is 5.32 Å². The van der Waals surface area contributed by atoms with Crippen molar-refractivity contribution in [3.8, 4) is 0 Å². The molecule has 2 N–H and O–H groups in total. The van der Waals surface area contributed by atoms with Gasteiger partial charge in [0.2, 0.25) is 0 Å². The number of benzene rings is 2. The summed E-state index contributed by atoms with van der Waals surface area (Å²) in [5.41, 5.74) is 3.61. The van der Waals surface area contributed by atoms with Crippen LogP contribution in [0.4, 0.5) is 4.79 Å². The minimum atomic E-state index is 0.0489. The number of aromatic amines is 1. The topological polar surface area (TPSA) is 48.1 Å². The predicted molar refractivity (Wildman–Crippen MR) is 110 cm³/mol. The van der Waals surface area contributed by atoms with Gasteiger partial charge in [0.1, 0.15) is 0 Å². The van der Waals surface area contributed by atoms with Crippen molar-refractivity contribution in [2.75, 3.05) is 19.6 Å². The molecule has 2 heterocycles. The minimum absolute atomic E-state index is 0.0489. The molecule has 0 saturated carbocycles. The van der Waals surface area contributed by atoms with E-state index >= 15 is 0 Å². The highest BCUT2D eigenvalue weighted by Crippen LogP contribution is 2.30. The molecule has 1 aliphatic rings. The number of piperidine rings is 1. The van der Waals surface area contributed by atoms with Crippen molar-refractivity contribution < 1.29 is 4.79 Å². The molecule has 140 valence electrons. The van der Waals surface area contributed by atoms with Gasteiger partial charge in [-0.15, -0.1) is 0 Å². The van der Waals surface area contributed by atoms with Crippen LogP contribution in [0.25, 0.3) is 10.9 Å². The standard InChI is InChI=1S/C22H24ClN3O/c23-19-6-7-20-18(14-19)15-21(25-20)17-9-12-26(13-10-17)22(27)24-11-8-16-4-2-1-3-5-16/h1-7,14-15,17,25H,8-13H2,(H,24,27). The van der Waals surface area contributed by atoms with Gasteiger partial charge in [-0.3, -0.25) is 0 Å². The molecule has 1 aromatic heterocycles. The van der Waals surface area contributed by atoms with Crippen molar-refractivity contribution in [3.05, 3.63) is 70.9 Å². The number of likely N-dealkylation sites (tertiary alicyclic amines) is 1. The van der Waals surface area contributed by atoms with Crippen molar-refractivity contribution in [1.82, 2.24) is 15.2 Å². The third-order valence-electron chi connectivity index (χ3n) is 5.36. The van der Waals surface area contributed by atoms with Gasteiger partial charge in [-0.2, -0.15) is 0 Å². The Hall–Kier alpha value is -2.46. The minimum Gasteiger partial charge on any atom is -0.358 e. The number of carbonyl (C=O) groups excluding carboxylic acids is 1. The molecule has 0 aliphatic carbocycles. The molecule has 27 heavy (non-hydrogen) atoms. The van der Waals surface area contributed by atoms with E-state index in [9.17, 15) is 4.79 Å². The van der Waals surface area contributed by atoms with Crippen molar-refractivity contribution in [3.63, 3.8) is 0 Å². The normalized spacial score (nSPS) is 15.2. The zero-order valence-corrected chi connectivity index (χ0v) is 16.0. The average molecular weight is 382 g/mol. The number of H-pyrrole nitrogens is 1. The van der Waals surface area contributed by atoms with Crippen LogP contribution >= 0.6 is 11.6 Å². The Kier molecular flexibility index (Phi) is 5.35. The maximum absolute atomic E-state index is 12.4. The third kappa shape index (κ3) is 4.28. The lowest BCUT2D eigenvalue weighted by atomic mass is 9.94. The summed E-state index contributed by atoms with van der Waals surface area (Å²) in [6.07, 6.45) is 2.82. The average Bonchev–Trinajstić information content (AvgIpc) is 3.12. The molecule has 5 heteroatoms. The van der Waals surface area contributed by atoms with Crippen molar-refractivity contribution in [2.45, 2.75) is 25.2 Å². The number of hydrogen-bond acceptors (Lipinski definition) is 1. The predicted octanol–water partition coefficient (Wildman–Crippen LogP) is 4.95. The Bertz CT molecular complexity index is 914. The third-order valence-corrected chi connectivity index (χ3v) is 5.59. The molecule has 2 amide bonds. The van der Waals surface area contributed by atoms with E-state index in [4.69, 9.17) is 11.6 Å². The Labute approximate surface area is 164 Å². The number of amides is 2. The maximum Gasteiger partial charge on any atom is 0.317 e. The molecule has 4 nitrogen and oxygen atoms in total. The van der Waals surface area contributed by atoms with Gasteiger partial charge >= 0.3 is 6.03 Å². The Balaban J connectivity index is 1.28. The summed E-state index contributed by atoms with van der Waals surface area (Å²) in [4.78, 5) is 17.8. The number of rotatable bonds is 4. The molecule has 0 unspecified atom stereocenters. The van der Waals surface area contributed by atoms with Crippen LogP contribution in [0.5, 0.6) is 0 Å². The van der Waals surface area contributed by atoms with Crippen LogP contribution in [0.1, 0.15) is 30.0 Å². The Morgan fingerprint density at radius 3 is 2.67 bits per heavy atom. The second-order valence-corrected chi connectivity index (χ2v) is 7.62. The molecule has 2 aromatic carbocycles. The monoisotopic (exact) mass is 381 g/mol. The first-order valence-corrected chi connectivity index (χ1v) is 9.92. The molecule has 0 radical (unpaired) electrons. The van der Waals surface area contributed by atoms with Gasteiger partial charge in [-0.25, -0.2) is 4.79 Å². The first-order chi connectivity index (χ1) is 13.2. The van der Waals surface area contributed by atoms with Gasteiger partial charge in [0.15, 0.2) is 0 Å². The molecule has 0 bridgehead atoms. The van der Waals surface area contributed by atoms with E-state index in [-0.39, 0.29) is 6.03 Å². The summed E-state index contributed by atoms with van der Waals surface area (Å²) in [7, 11) is 0. The molecule has 4 rings (SSSR count). The van der Waals surface area contributed by atoms with E-state index in [0.717, 1.165) is 48.3 Å². The number of halogens is 1. The molecular formula is C22H24ClN3O. The lowest BCUT2D eigenvalue weighted by Crippen LogP contribution is -2.44. The highest BCUT2D eigenvalue weighted by atomic mass is 35.5. The molecule has 1 saturated heterocycles. The number of nitrogens with zero attached hydrogens (tertiary/aromatic N) is 1. The van der Waals surface area contributed by atoms with Gasteiger partial charge in [-0.1, -0.05) is 41.9 Å². The van der Waals surface area contributed by atoms with Crippen molar-refractivity contribution >= 4 is 28.5 Å². The van der Waals surface area contributed by atoms with Crippen molar-refractivity contribution in [2.24, 2.45) is 0 Å². The smallest absolute Gasteiger partial charge is 0.317 e. The fourth-order valence-corrected chi connectivity index (χ4v) is 3.99. The largest absolute Gasteiger partial charge is 0.358 e. The van der Waals surface area contributed by atoms with Crippen LogP contribution in [0.3, 0.4) is 0 Å². The molecule has 1 aliphatic heterocycles. The molecule has 0 atom stereocenters. The highest BCUT2D eigenvalue weighted by molar-refractivity contribution is 6.31. The Morgan fingerprint density at radius 2 is 1.89 bits per heavy atom. The molecule has 1 fully saturated rings.